The molecule has 0 bridgehead atoms. The molecule has 8 heteroatoms. The molecule has 5 aliphatic rings. The maximum absolute atomic E-state index is 17.5. The van der Waals surface area contributed by atoms with E-state index in [1.807, 2.05) is 13.0 Å². The van der Waals surface area contributed by atoms with Crippen molar-refractivity contribution >= 4 is 11.8 Å². The summed E-state index contributed by atoms with van der Waals surface area (Å²) >= 11 is 0. The Morgan fingerprint density at radius 2 is 2.00 bits per heavy atom. The zero-order chi connectivity index (χ0) is 27.9. The summed E-state index contributed by atoms with van der Waals surface area (Å²) in [6, 6.07) is 1.89. The molecule has 4 fully saturated rings. The summed E-state index contributed by atoms with van der Waals surface area (Å²) in [6.07, 6.45) is 2.28. The monoisotopic (exact) mass is 530 g/mol. The molecule has 0 unspecified atom stereocenters. The molecule has 0 aromatic heterocycles. The molecule has 0 amide bonds. The maximum atomic E-state index is 17.5. The molecular weight excluding hydrogens is 490 g/mol. The minimum Gasteiger partial charge on any atom is -0.450 e. The molecule has 38 heavy (non-hydrogen) atoms. The summed E-state index contributed by atoms with van der Waals surface area (Å²) in [7, 11) is 0. The highest BCUT2D eigenvalue weighted by Gasteiger charge is 2.78. The number of alkyl halides is 2. The lowest BCUT2D eigenvalue weighted by Gasteiger charge is -2.63. The Morgan fingerprint density at radius 1 is 1.29 bits per heavy atom. The lowest BCUT2D eigenvalue weighted by molar-refractivity contribution is -0.216. The lowest BCUT2D eigenvalue weighted by atomic mass is 9.43. The number of ether oxygens (including phenoxy) is 1. The van der Waals surface area contributed by atoms with Crippen molar-refractivity contribution in [2.75, 3.05) is 26.2 Å². The molecule has 0 radical (unpaired) electrons. The van der Waals surface area contributed by atoms with Crippen LogP contribution in [0.4, 0.5) is 8.78 Å². The largest absolute Gasteiger partial charge is 0.450 e. The van der Waals surface area contributed by atoms with Gasteiger partial charge in [-0.15, -0.1) is 0 Å². The van der Waals surface area contributed by atoms with Crippen molar-refractivity contribution in [3.63, 3.8) is 0 Å². The van der Waals surface area contributed by atoms with Crippen molar-refractivity contribution in [2.45, 2.75) is 78.2 Å². The summed E-state index contributed by atoms with van der Waals surface area (Å²) in [5.41, 5.74) is -5.27. The molecule has 0 aromatic rings. The van der Waals surface area contributed by atoms with Crippen LogP contribution in [0.25, 0.3) is 0 Å². The van der Waals surface area contributed by atoms with Crippen LogP contribution >= 0.6 is 0 Å². The number of aliphatic hydroxyl groups excluding tert-OH is 1. The van der Waals surface area contributed by atoms with Crippen molar-refractivity contribution < 1.29 is 28.2 Å². The predicted octanol–water partition coefficient (Wildman–Crippen LogP) is 4.34. The number of nitriles is 1. The SMILES string of the molecule is CC(C)(C)CCN1C[C@@H]2C[C@H]3[C@@H]4C[C@H](F)C5=CC(=O)C=C[C@]5(C)[C@@]4(F)[C@@H](O)C[C@]3(C)[C@]2(C(=O)OCC#N)C1. The molecule has 0 aromatic carbocycles. The summed E-state index contributed by atoms with van der Waals surface area (Å²) in [4.78, 5) is 28.2. The zero-order valence-electron chi connectivity index (χ0n) is 23.1. The van der Waals surface area contributed by atoms with Crippen LogP contribution in [0.5, 0.6) is 0 Å². The van der Waals surface area contributed by atoms with Crippen LogP contribution in [0.2, 0.25) is 0 Å². The Balaban J connectivity index is 1.56. The van der Waals surface area contributed by atoms with E-state index in [2.05, 4.69) is 25.7 Å². The standard InChI is InChI=1S/C30H40F2N2O4/c1-26(2,3)8-10-34-16-18-12-20-21-14-23(31)22-13-19(35)6-7-27(22,4)30(21,32)24(36)15-28(20,5)29(18,17-34)25(37)38-11-9-33/h6-7,13,18,20-21,23-24,36H,8,10-12,14-17H2,1-5H3/t18-,20-,21-,23-,24-,27-,28-,29+,30-/m0/s1. The number of hydrogen-bond donors (Lipinski definition) is 1. The van der Waals surface area contributed by atoms with Gasteiger partial charge in [0.1, 0.15) is 12.2 Å². The fourth-order valence-electron chi connectivity index (χ4n) is 9.10. The van der Waals surface area contributed by atoms with Crippen LogP contribution < -0.4 is 0 Å². The van der Waals surface area contributed by atoms with E-state index in [0.29, 0.717) is 19.5 Å². The van der Waals surface area contributed by atoms with Crippen LogP contribution in [0.15, 0.2) is 23.8 Å². The van der Waals surface area contributed by atoms with Gasteiger partial charge in [-0.1, -0.05) is 33.8 Å². The van der Waals surface area contributed by atoms with Crippen molar-refractivity contribution in [3.8, 4) is 6.07 Å². The number of rotatable bonds is 4. The summed E-state index contributed by atoms with van der Waals surface area (Å²) < 4.78 is 38.7. The van der Waals surface area contributed by atoms with Gasteiger partial charge in [-0.25, -0.2) is 8.78 Å². The average Bonchev–Trinajstić information content (AvgIpc) is 3.32. The van der Waals surface area contributed by atoms with Crippen LogP contribution in [0.1, 0.15) is 60.3 Å². The molecule has 1 N–H and O–H groups in total. The fourth-order valence-corrected chi connectivity index (χ4v) is 9.10. The number of hydrogen-bond acceptors (Lipinski definition) is 6. The molecule has 1 heterocycles. The zero-order valence-corrected chi connectivity index (χ0v) is 23.1. The Bertz CT molecular complexity index is 1140. The minimum absolute atomic E-state index is 0.0253. The van der Waals surface area contributed by atoms with Gasteiger partial charge in [-0.3, -0.25) is 9.59 Å². The van der Waals surface area contributed by atoms with Gasteiger partial charge < -0.3 is 14.7 Å². The molecule has 3 saturated carbocycles. The van der Waals surface area contributed by atoms with Crippen LogP contribution in [-0.2, 0) is 14.3 Å². The van der Waals surface area contributed by atoms with Crippen LogP contribution in [-0.4, -0.2) is 65.9 Å². The van der Waals surface area contributed by atoms with E-state index in [1.54, 1.807) is 6.92 Å². The molecule has 1 aliphatic heterocycles. The summed E-state index contributed by atoms with van der Waals surface area (Å²) in [5, 5.41) is 20.8. The Kier molecular flexibility index (Phi) is 6.28. The second-order valence-corrected chi connectivity index (χ2v) is 14.0. The van der Waals surface area contributed by atoms with E-state index in [0.717, 1.165) is 13.0 Å². The first-order chi connectivity index (χ1) is 17.6. The third-order valence-electron chi connectivity index (χ3n) is 11.0. The molecule has 9 atom stereocenters. The lowest BCUT2D eigenvalue weighted by Crippen LogP contribution is -2.69. The fraction of sp³-hybridized carbons (Fsp3) is 0.767. The molecule has 208 valence electrons. The van der Waals surface area contributed by atoms with Gasteiger partial charge in [-0.2, -0.15) is 5.26 Å². The average molecular weight is 531 g/mol. The van der Waals surface area contributed by atoms with E-state index >= 15 is 8.78 Å². The maximum Gasteiger partial charge on any atom is 0.315 e. The van der Waals surface area contributed by atoms with Crippen molar-refractivity contribution in [1.82, 2.24) is 4.90 Å². The number of carbonyl (C=O) groups is 2. The predicted molar refractivity (Wildman–Crippen MR) is 137 cm³/mol. The first-order valence-corrected chi connectivity index (χ1v) is 13.9. The molecule has 5 rings (SSSR count). The number of fused-ring (bicyclic) bond motifs is 7. The van der Waals surface area contributed by atoms with Gasteiger partial charge in [0.05, 0.1) is 11.5 Å². The minimum atomic E-state index is -2.18. The molecule has 6 nitrogen and oxygen atoms in total. The number of allylic oxidation sites excluding steroid dienone is 4. The molecule has 1 saturated heterocycles. The molecule has 0 spiro atoms. The first-order valence-electron chi connectivity index (χ1n) is 13.9. The topological polar surface area (TPSA) is 90.6 Å². The summed E-state index contributed by atoms with van der Waals surface area (Å²) in [5.74, 6) is -2.18. The molecule has 4 aliphatic carbocycles. The van der Waals surface area contributed by atoms with E-state index in [-0.39, 0.29) is 48.1 Å². The van der Waals surface area contributed by atoms with Gasteiger partial charge in [0.25, 0.3) is 0 Å². The van der Waals surface area contributed by atoms with E-state index in [4.69, 9.17) is 10.00 Å². The number of ketones is 1. The highest BCUT2D eigenvalue weighted by Crippen LogP contribution is 2.74. The first kappa shape index (κ1) is 27.5. The number of carbonyl (C=O) groups excluding carboxylic acids is 2. The second-order valence-electron chi connectivity index (χ2n) is 14.0. The second kappa shape index (κ2) is 8.69. The molecular formula is C30H40F2N2O4. The van der Waals surface area contributed by atoms with Gasteiger partial charge in [0.15, 0.2) is 18.1 Å². The smallest absolute Gasteiger partial charge is 0.315 e. The number of halogens is 2. The Labute approximate surface area is 224 Å². The van der Waals surface area contributed by atoms with Crippen molar-refractivity contribution in [3.05, 3.63) is 23.8 Å². The quantitative estimate of drug-likeness (QED) is 0.544. The van der Waals surface area contributed by atoms with Crippen LogP contribution in [0, 0.1) is 50.7 Å². The van der Waals surface area contributed by atoms with Gasteiger partial charge in [-0.05, 0) is 79.5 Å². The van der Waals surface area contributed by atoms with Crippen LogP contribution in [0.3, 0.4) is 0 Å². The van der Waals surface area contributed by atoms with Crippen molar-refractivity contribution in [1.29, 1.82) is 5.26 Å². The summed E-state index contributed by atoms with van der Waals surface area (Å²) in [6.45, 7) is 11.5. The van der Waals surface area contributed by atoms with E-state index in [1.165, 1.54) is 18.2 Å². The number of aliphatic hydroxyl groups is 1. The Hall–Kier alpha value is -2.11. The van der Waals surface area contributed by atoms with Crippen molar-refractivity contribution in [2.24, 2.45) is 39.4 Å². The third kappa shape index (κ3) is 3.53. The van der Waals surface area contributed by atoms with E-state index in [9.17, 15) is 14.7 Å². The van der Waals surface area contributed by atoms with Gasteiger partial charge in [0, 0.05) is 24.4 Å². The normalized spacial score (nSPS) is 45.9. The highest BCUT2D eigenvalue weighted by atomic mass is 19.1. The van der Waals surface area contributed by atoms with Gasteiger partial charge in [0.2, 0.25) is 0 Å². The third-order valence-corrected chi connectivity index (χ3v) is 11.0. The van der Waals surface area contributed by atoms with E-state index < -0.39 is 46.1 Å². The number of nitrogens with zero attached hydrogens (tertiary/aromatic N) is 2. The van der Waals surface area contributed by atoms with Gasteiger partial charge >= 0.3 is 5.97 Å². The number of likely N-dealkylation sites (tertiary alicyclic amines) is 1. The highest BCUT2D eigenvalue weighted by molar-refractivity contribution is 6.01. The Morgan fingerprint density at radius 3 is 2.66 bits per heavy atom. The number of esters is 1.